The van der Waals surface area contributed by atoms with Gasteiger partial charge in [0.2, 0.25) is 0 Å². The zero-order chi connectivity index (χ0) is 22.4. The number of hydrogen-bond acceptors (Lipinski definition) is 1. The van der Waals surface area contributed by atoms with Crippen molar-refractivity contribution < 1.29 is 5.11 Å². The van der Waals surface area contributed by atoms with Crippen LogP contribution < -0.4 is 0 Å². The van der Waals surface area contributed by atoms with Gasteiger partial charge in [-0.1, -0.05) is 65.3 Å². The Morgan fingerprint density at radius 1 is 1.00 bits per heavy atom. The molecule has 4 rings (SSSR count). The first kappa shape index (κ1) is 23.6. The van der Waals surface area contributed by atoms with E-state index in [1.54, 1.807) is 5.57 Å². The Bertz CT molecular complexity index is 679. The number of allylic oxidation sites excluding steroid dienone is 3. The van der Waals surface area contributed by atoms with Crippen molar-refractivity contribution in [1.82, 2.24) is 0 Å². The van der Waals surface area contributed by atoms with Crippen LogP contribution in [0.15, 0.2) is 23.8 Å². The van der Waals surface area contributed by atoms with E-state index < -0.39 is 0 Å². The predicted octanol–water partition coefficient (Wildman–Crippen LogP) is 8.19. The van der Waals surface area contributed by atoms with E-state index in [1.807, 2.05) is 0 Å². The maximum absolute atomic E-state index is 10.2. The maximum atomic E-state index is 10.2. The summed E-state index contributed by atoms with van der Waals surface area (Å²) >= 11 is 0. The summed E-state index contributed by atoms with van der Waals surface area (Å²) in [4.78, 5) is 0. The van der Waals surface area contributed by atoms with Gasteiger partial charge in [0.1, 0.15) is 0 Å². The van der Waals surface area contributed by atoms with Gasteiger partial charge < -0.3 is 5.11 Å². The summed E-state index contributed by atoms with van der Waals surface area (Å²) in [6, 6.07) is 0. The van der Waals surface area contributed by atoms with Crippen LogP contribution in [-0.4, -0.2) is 11.2 Å². The molecule has 0 unspecified atom stereocenters. The molecule has 0 heterocycles. The van der Waals surface area contributed by atoms with E-state index in [9.17, 15) is 5.11 Å². The van der Waals surface area contributed by atoms with E-state index in [1.165, 1.54) is 51.4 Å². The van der Waals surface area contributed by atoms with Gasteiger partial charge in [-0.2, -0.15) is 0 Å². The molecular weight excluding hydrogens is 376 g/mol. The second-order valence-corrected chi connectivity index (χ2v) is 13.0. The highest BCUT2D eigenvalue weighted by Crippen LogP contribution is 2.66. The molecule has 1 N–H and O–H groups in total. The van der Waals surface area contributed by atoms with Gasteiger partial charge in [0, 0.05) is 0 Å². The van der Waals surface area contributed by atoms with Crippen molar-refractivity contribution in [3.63, 3.8) is 0 Å². The summed E-state index contributed by atoms with van der Waals surface area (Å²) in [7, 11) is 0. The van der Waals surface area contributed by atoms with E-state index in [-0.39, 0.29) is 6.10 Å². The summed E-state index contributed by atoms with van der Waals surface area (Å²) in [5.74, 6) is 5.83. The van der Waals surface area contributed by atoms with Crippen LogP contribution in [0.25, 0.3) is 0 Å². The standard InChI is InChI=1S/C30H50O/c1-20(2)25(21(3)4)10-8-7-9-22-12-14-27-26-13-11-23-19-24(31)15-17-30(23,6)28(26)16-18-29(22,27)5/h8,10-11,20-22,24-28,31H,7,9,12-19H2,1-6H3/b10-8+/t22-,24-,26-,27-,28-,29+,30-/m0/s1. The second kappa shape index (κ2) is 9.00. The Kier molecular flexibility index (Phi) is 6.85. The van der Waals surface area contributed by atoms with Crippen molar-refractivity contribution in [3.05, 3.63) is 23.8 Å². The van der Waals surface area contributed by atoms with E-state index >= 15 is 0 Å². The maximum Gasteiger partial charge on any atom is 0.0577 e. The molecule has 0 aliphatic heterocycles. The number of aliphatic hydroxyl groups is 1. The average Bonchev–Trinajstić information content (AvgIpc) is 3.04. The van der Waals surface area contributed by atoms with Gasteiger partial charge in [-0.05, 0) is 116 Å². The highest BCUT2D eigenvalue weighted by molar-refractivity contribution is 5.25. The Morgan fingerprint density at radius 2 is 1.74 bits per heavy atom. The zero-order valence-electron chi connectivity index (χ0n) is 21.4. The molecule has 3 fully saturated rings. The topological polar surface area (TPSA) is 20.2 Å². The minimum absolute atomic E-state index is 0.0837. The van der Waals surface area contributed by atoms with Gasteiger partial charge in [0.25, 0.3) is 0 Å². The monoisotopic (exact) mass is 426 g/mol. The van der Waals surface area contributed by atoms with Crippen LogP contribution in [0.4, 0.5) is 0 Å². The fourth-order valence-electron chi connectivity index (χ4n) is 8.99. The van der Waals surface area contributed by atoms with E-state index in [4.69, 9.17) is 0 Å². The van der Waals surface area contributed by atoms with Crippen molar-refractivity contribution in [1.29, 1.82) is 0 Å². The molecule has 1 nitrogen and oxygen atoms in total. The molecular formula is C30H50O. The van der Waals surface area contributed by atoms with Crippen LogP contribution in [-0.2, 0) is 0 Å². The largest absolute Gasteiger partial charge is 0.393 e. The number of fused-ring (bicyclic) bond motifs is 5. The van der Waals surface area contributed by atoms with Crippen LogP contribution >= 0.6 is 0 Å². The van der Waals surface area contributed by atoms with Gasteiger partial charge >= 0.3 is 0 Å². The SMILES string of the molecule is CC(C)C(/C=C/CC[C@H]1CC[C@H]2[C@@H]3CC=C4C[C@@H](O)CC[C@]4(C)[C@H]3CC[C@]12C)C(C)C. The van der Waals surface area contributed by atoms with Crippen molar-refractivity contribution in [3.8, 4) is 0 Å². The summed E-state index contributed by atoms with van der Waals surface area (Å²) in [6.07, 6.45) is 20.5. The fourth-order valence-corrected chi connectivity index (χ4v) is 8.99. The molecule has 31 heavy (non-hydrogen) atoms. The molecule has 3 saturated carbocycles. The Balaban J connectivity index is 1.42. The van der Waals surface area contributed by atoms with Crippen molar-refractivity contribution in [2.45, 2.75) is 112 Å². The van der Waals surface area contributed by atoms with Crippen LogP contribution in [0.3, 0.4) is 0 Å². The Hall–Kier alpha value is -0.560. The first-order valence-electron chi connectivity index (χ1n) is 13.7. The molecule has 4 aliphatic carbocycles. The third-order valence-corrected chi connectivity index (χ3v) is 10.9. The summed E-state index contributed by atoms with van der Waals surface area (Å²) in [6.45, 7) is 14.7. The quantitative estimate of drug-likeness (QED) is 0.424. The lowest BCUT2D eigenvalue weighted by Gasteiger charge is -2.58. The smallest absolute Gasteiger partial charge is 0.0577 e. The van der Waals surface area contributed by atoms with Crippen molar-refractivity contribution in [2.24, 2.45) is 52.3 Å². The number of hydrogen-bond donors (Lipinski definition) is 1. The summed E-state index contributed by atoms with van der Waals surface area (Å²) in [5, 5.41) is 10.2. The predicted molar refractivity (Wildman–Crippen MR) is 133 cm³/mol. The number of rotatable bonds is 6. The molecule has 7 atom stereocenters. The van der Waals surface area contributed by atoms with Crippen LogP contribution in [0.1, 0.15) is 106 Å². The lowest BCUT2D eigenvalue weighted by molar-refractivity contribution is -0.0505. The van der Waals surface area contributed by atoms with E-state index in [0.717, 1.165) is 54.3 Å². The average molecular weight is 427 g/mol. The molecule has 0 saturated heterocycles. The normalized spacial score (nSPS) is 42.8. The van der Waals surface area contributed by atoms with E-state index in [2.05, 4.69) is 59.8 Å². The van der Waals surface area contributed by atoms with Gasteiger partial charge in [-0.15, -0.1) is 0 Å². The summed E-state index contributed by atoms with van der Waals surface area (Å²) < 4.78 is 0. The van der Waals surface area contributed by atoms with Gasteiger partial charge in [-0.25, -0.2) is 0 Å². The molecule has 0 aromatic heterocycles. The third-order valence-electron chi connectivity index (χ3n) is 10.9. The molecule has 1 heteroatoms. The minimum Gasteiger partial charge on any atom is -0.393 e. The Labute approximate surface area is 193 Å². The lowest BCUT2D eigenvalue weighted by Crippen LogP contribution is -2.50. The molecule has 4 aliphatic rings. The first-order valence-corrected chi connectivity index (χ1v) is 13.7. The molecule has 0 spiro atoms. The highest BCUT2D eigenvalue weighted by atomic mass is 16.3. The first-order chi connectivity index (χ1) is 14.7. The van der Waals surface area contributed by atoms with Gasteiger partial charge in [0.05, 0.1) is 6.10 Å². The van der Waals surface area contributed by atoms with Gasteiger partial charge in [-0.3, -0.25) is 0 Å². The highest BCUT2D eigenvalue weighted by Gasteiger charge is 2.58. The van der Waals surface area contributed by atoms with Crippen LogP contribution in [0, 0.1) is 52.3 Å². The summed E-state index contributed by atoms with van der Waals surface area (Å²) in [5.41, 5.74) is 2.56. The lowest BCUT2D eigenvalue weighted by atomic mass is 9.47. The van der Waals surface area contributed by atoms with Crippen LogP contribution in [0.5, 0.6) is 0 Å². The second-order valence-electron chi connectivity index (χ2n) is 13.0. The minimum atomic E-state index is -0.0837. The van der Waals surface area contributed by atoms with E-state index in [0.29, 0.717) is 10.8 Å². The van der Waals surface area contributed by atoms with Gasteiger partial charge in [0.15, 0.2) is 0 Å². The molecule has 0 amide bonds. The van der Waals surface area contributed by atoms with Crippen molar-refractivity contribution >= 4 is 0 Å². The fraction of sp³-hybridized carbons (Fsp3) is 0.867. The number of aliphatic hydroxyl groups excluding tert-OH is 1. The molecule has 0 aromatic rings. The van der Waals surface area contributed by atoms with Crippen molar-refractivity contribution in [2.75, 3.05) is 0 Å². The molecule has 0 bridgehead atoms. The third kappa shape index (κ3) is 4.22. The molecule has 0 radical (unpaired) electrons. The Morgan fingerprint density at radius 3 is 2.45 bits per heavy atom. The van der Waals surface area contributed by atoms with Crippen LogP contribution in [0.2, 0.25) is 0 Å². The molecule has 176 valence electrons. The molecule has 0 aromatic carbocycles. The zero-order valence-corrected chi connectivity index (χ0v) is 21.4.